The summed E-state index contributed by atoms with van der Waals surface area (Å²) in [4.78, 5) is 37.5. The number of fused-ring (bicyclic) bond motifs is 5. The molecule has 4 rings (SSSR count). The average molecular weight is 584 g/mol. The van der Waals surface area contributed by atoms with Crippen LogP contribution in [0.3, 0.4) is 0 Å². The van der Waals surface area contributed by atoms with Gasteiger partial charge in [0.1, 0.15) is 5.69 Å². The number of aromatic nitrogens is 3. The Morgan fingerprint density at radius 2 is 1.82 bits per heavy atom. The summed E-state index contributed by atoms with van der Waals surface area (Å²) in [7, 11) is 0. The topological polar surface area (TPSA) is 130 Å². The molecule has 1 aromatic heterocycles. The Morgan fingerprint density at radius 3 is 2.65 bits per heavy atom. The summed E-state index contributed by atoms with van der Waals surface area (Å²) in [5.41, 5.74) is 4.98. The molecule has 2 heterocycles. The molecule has 2 aromatic carbocycles. The van der Waals surface area contributed by atoms with E-state index in [4.69, 9.17) is 20.9 Å². The van der Waals surface area contributed by atoms with Crippen molar-refractivity contribution in [2.24, 2.45) is 0 Å². The van der Waals surface area contributed by atoms with Gasteiger partial charge in [0.2, 0.25) is 11.8 Å². The van der Waals surface area contributed by atoms with Crippen LogP contribution in [-0.4, -0.2) is 51.9 Å². The lowest BCUT2D eigenvalue weighted by Crippen LogP contribution is -2.33. The molecular weight excluding hydrogens is 549 g/mol. The normalized spacial score (nSPS) is 13.7. The predicted molar refractivity (Wildman–Crippen MR) is 158 cm³/mol. The third kappa shape index (κ3) is 7.93. The minimum atomic E-state index is -3.19. The summed E-state index contributed by atoms with van der Waals surface area (Å²) in [6.45, 7) is 1.69. The van der Waals surface area contributed by atoms with Crippen molar-refractivity contribution in [3.63, 3.8) is 0 Å². The lowest BCUT2D eigenvalue weighted by molar-refractivity contribution is -0.125. The number of carbonyl (C=O) groups is 2. The third-order valence-electron chi connectivity index (χ3n) is 6.48. The second-order valence-electron chi connectivity index (χ2n) is 9.34. The predicted octanol–water partition coefficient (Wildman–Crippen LogP) is 4.88. The van der Waals surface area contributed by atoms with Gasteiger partial charge in [0.15, 0.2) is 0 Å². The molecule has 1 aliphatic rings. The zero-order valence-electron chi connectivity index (χ0n) is 22.3. The van der Waals surface area contributed by atoms with Crippen molar-refractivity contribution in [2.45, 2.75) is 45.1 Å². The molecule has 3 N–H and O–H groups in total. The number of H-pyrrole nitrogens is 1. The Kier molecular flexibility index (Phi) is 10.7. The van der Waals surface area contributed by atoms with Gasteiger partial charge in [-0.3, -0.25) is 14.7 Å². The second kappa shape index (κ2) is 14.4. The molecule has 1 unspecified atom stereocenters. The fourth-order valence-electron chi connectivity index (χ4n) is 4.51. The van der Waals surface area contributed by atoms with E-state index < -0.39 is 6.72 Å². The first-order valence-electron chi connectivity index (χ1n) is 13.3. The van der Waals surface area contributed by atoms with Crippen LogP contribution in [0, 0.1) is 0 Å². The highest BCUT2D eigenvalue weighted by atomic mass is 32.5. The number of amides is 2. The monoisotopic (exact) mass is 583 g/mol. The molecule has 10 nitrogen and oxygen atoms in total. The highest BCUT2D eigenvalue weighted by Crippen LogP contribution is 2.43. The van der Waals surface area contributed by atoms with Crippen LogP contribution in [0.4, 0.5) is 5.69 Å². The van der Waals surface area contributed by atoms with E-state index in [-0.39, 0.29) is 31.3 Å². The largest absolute Gasteiger partial charge is 0.356 e. The summed E-state index contributed by atoms with van der Waals surface area (Å²) in [5.74, 6) is -0.284. The van der Waals surface area contributed by atoms with E-state index in [2.05, 4.69) is 27.3 Å². The highest BCUT2D eigenvalue weighted by Gasteiger charge is 2.27. The van der Waals surface area contributed by atoms with Gasteiger partial charge in [-0.05, 0) is 36.3 Å². The van der Waals surface area contributed by atoms with E-state index in [1.165, 1.54) is 6.08 Å². The number of para-hydroxylation sites is 1. The Morgan fingerprint density at radius 1 is 1.07 bits per heavy atom. The molecule has 212 valence electrons. The molecule has 0 bridgehead atoms. The van der Waals surface area contributed by atoms with E-state index in [1.807, 2.05) is 48.5 Å². The van der Waals surface area contributed by atoms with E-state index in [0.717, 1.165) is 59.4 Å². The number of benzene rings is 2. The van der Waals surface area contributed by atoms with Gasteiger partial charge in [-0.2, -0.15) is 0 Å². The lowest BCUT2D eigenvalue weighted by Gasteiger charge is -2.28. The van der Waals surface area contributed by atoms with E-state index in [9.17, 15) is 14.5 Å². The highest BCUT2D eigenvalue weighted by molar-refractivity contribution is 8.07. The van der Waals surface area contributed by atoms with Crippen LogP contribution in [0.25, 0.3) is 22.5 Å². The van der Waals surface area contributed by atoms with Gasteiger partial charge >= 0.3 is 6.72 Å². The first kappa shape index (κ1) is 29.8. The first-order valence-corrected chi connectivity index (χ1v) is 15.9. The smallest absolute Gasteiger partial charge is 0.324 e. The second-order valence-corrected chi connectivity index (χ2v) is 12.2. The van der Waals surface area contributed by atoms with E-state index in [0.29, 0.717) is 19.7 Å². The number of nitrogens with zero attached hydrogens (tertiary/aromatic N) is 3. The number of nitrogens with one attached hydrogen (secondary N) is 2. The molecule has 1 aliphatic heterocycles. The van der Waals surface area contributed by atoms with Crippen LogP contribution < -0.4 is 10.2 Å². The van der Waals surface area contributed by atoms with Crippen molar-refractivity contribution in [2.75, 3.05) is 24.7 Å². The van der Waals surface area contributed by atoms with Crippen molar-refractivity contribution in [3.8, 4) is 22.5 Å². The molecule has 1 atom stereocenters. The van der Waals surface area contributed by atoms with E-state index in [1.54, 1.807) is 4.90 Å². The molecule has 0 aliphatic carbocycles. The fourth-order valence-corrected chi connectivity index (χ4v) is 5.64. The molecule has 0 spiro atoms. The Balaban J connectivity index is 1.25. The number of hydrogen-bond donors (Lipinski definition) is 3. The first-order chi connectivity index (χ1) is 19.4. The Labute approximate surface area is 239 Å². The van der Waals surface area contributed by atoms with Crippen molar-refractivity contribution in [3.05, 3.63) is 66.7 Å². The third-order valence-corrected chi connectivity index (χ3v) is 8.10. The van der Waals surface area contributed by atoms with Crippen molar-refractivity contribution < 1.29 is 23.5 Å². The standard InChI is InChI=1S/C28H34N5O5PS/c1-2-18-37-39(36,40)38-19-10-4-3-9-17-29-25(34)15-16-26(35)33-20-21-11-5-6-12-22(21)27-28(31-32-30-27)23-13-7-8-14-24(23)33/h2,5-8,11-14H,1,3-4,9-10,15-20H2,(H,29,34)(H,36,40)(H,30,31,32). The Hall–Kier alpha value is -3.21. The maximum absolute atomic E-state index is 13.5. The number of hydrogen-bond acceptors (Lipinski definition) is 7. The minimum absolute atomic E-state index is 0.0920. The molecular formula is C28H34N5O5PS. The van der Waals surface area contributed by atoms with Gasteiger partial charge in [-0.15, -0.1) is 11.7 Å². The summed E-state index contributed by atoms with van der Waals surface area (Å²) in [6, 6.07) is 15.5. The quantitative estimate of drug-likeness (QED) is 0.139. The molecule has 3 aromatic rings. The summed E-state index contributed by atoms with van der Waals surface area (Å²) < 4.78 is 10.3. The number of anilines is 1. The van der Waals surface area contributed by atoms with Gasteiger partial charge in [0.05, 0.1) is 31.1 Å². The molecule has 2 amide bonds. The summed E-state index contributed by atoms with van der Waals surface area (Å²) in [6.07, 6.45) is 5.00. The van der Waals surface area contributed by atoms with Crippen LogP contribution in [0.5, 0.6) is 0 Å². The molecule has 0 fully saturated rings. The number of unbranched alkanes of at least 4 members (excludes halogenated alkanes) is 3. The van der Waals surface area contributed by atoms with Crippen molar-refractivity contribution in [1.29, 1.82) is 0 Å². The van der Waals surface area contributed by atoms with Crippen molar-refractivity contribution >= 4 is 36.0 Å². The number of rotatable bonds is 14. The van der Waals surface area contributed by atoms with Gasteiger partial charge in [-0.25, -0.2) is 0 Å². The Bertz CT molecular complexity index is 1380. The average Bonchev–Trinajstić information content (AvgIpc) is 3.43. The van der Waals surface area contributed by atoms with Crippen LogP contribution in [0.1, 0.15) is 44.1 Å². The minimum Gasteiger partial charge on any atom is -0.356 e. The maximum Gasteiger partial charge on any atom is 0.324 e. The summed E-state index contributed by atoms with van der Waals surface area (Å²) in [5, 5.41) is 14.2. The van der Waals surface area contributed by atoms with Gasteiger partial charge in [-0.1, -0.05) is 66.6 Å². The lowest BCUT2D eigenvalue weighted by atomic mass is 9.95. The molecule has 0 saturated carbocycles. The molecule has 0 saturated heterocycles. The fraction of sp³-hybridized carbons (Fsp3) is 0.357. The van der Waals surface area contributed by atoms with Gasteiger partial charge in [0, 0.05) is 30.5 Å². The molecule has 12 heteroatoms. The van der Waals surface area contributed by atoms with Gasteiger partial charge in [0.25, 0.3) is 0 Å². The van der Waals surface area contributed by atoms with Crippen LogP contribution in [0.2, 0.25) is 0 Å². The summed E-state index contributed by atoms with van der Waals surface area (Å²) >= 11 is 4.90. The van der Waals surface area contributed by atoms with Crippen molar-refractivity contribution in [1.82, 2.24) is 20.7 Å². The molecule has 0 radical (unpaired) electrons. The van der Waals surface area contributed by atoms with E-state index >= 15 is 0 Å². The van der Waals surface area contributed by atoms with Crippen LogP contribution in [0.15, 0.2) is 61.2 Å². The molecule has 40 heavy (non-hydrogen) atoms. The van der Waals surface area contributed by atoms with Crippen LogP contribution in [-0.2, 0) is 37.0 Å². The maximum atomic E-state index is 13.5. The van der Waals surface area contributed by atoms with Gasteiger partial charge < -0.3 is 24.2 Å². The number of carbonyl (C=O) groups excluding carboxylic acids is 2. The zero-order valence-corrected chi connectivity index (χ0v) is 24.0. The zero-order chi connectivity index (χ0) is 28.4. The van der Waals surface area contributed by atoms with Crippen LogP contribution >= 0.6 is 6.72 Å². The SMILES string of the molecule is C=CCOP(O)(=S)OCCCCCCNC(=O)CCC(=O)N1Cc2ccccc2-c2nn[nH]c2-c2ccccc21. The number of aromatic amines is 1.